The van der Waals surface area contributed by atoms with E-state index in [-0.39, 0.29) is 29.6 Å². The molecule has 0 atom stereocenters. The van der Waals surface area contributed by atoms with Crippen LogP contribution >= 0.6 is 12.2 Å². The van der Waals surface area contributed by atoms with E-state index in [2.05, 4.69) is 18.3 Å². The molecule has 1 aromatic rings. The third-order valence-electron chi connectivity index (χ3n) is 0.607. The molecule has 0 aliphatic carbocycles. The Morgan fingerprint density at radius 3 is 1.70 bits per heavy atom. The molecular formula is C7H6NNaS. The second-order valence-electron chi connectivity index (χ2n) is 1.18. The molecule has 0 bridgehead atoms. The van der Waals surface area contributed by atoms with Crippen molar-refractivity contribution < 1.29 is 29.6 Å². The van der Waals surface area contributed by atoms with E-state index in [9.17, 15) is 0 Å². The number of benzene rings is 1. The summed E-state index contributed by atoms with van der Waals surface area (Å²) in [5.74, 6) is 0. The molecule has 1 nitrogen and oxygen atoms in total. The molecule has 0 aliphatic rings. The van der Waals surface area contributed by atoms with Gasteiger partial charge < -0.3 is 0 Å². The van der Waals surface area contributed by atoms with Crippen LogP contribution in [-0.4, -0.2) is 5.16 Å². The Bertz CT molecular complexity index is 144. The quantitative estimate of drug-likeness (QED) is 0.227. The average Bonchev–Trinajstić information content (AvgIpc) is 1.93. The van der Waals surface area contributed by atoms with Crippen molar-refractivity contribution >= 4 is 17.4 Å². The summed E-state index contributed by atoms with van der Waals surface area (Å²) in [7, 11) is 0. The minimum atomic E-state index is 0. The monoisotopic (exact) mass is 159 g/mol. The van der Waals surface area contributed by atoms with Gasteiger partial charge in [0.1, 0.15) is 0 Å². The minimum Gasteiger partial charge on any atom is -0.248 e. The molecule has 0 saturated heterocycles. The fourth-order valence-electron chi connectivity index (χ4n) is 0.342. The second kappa shape index (κ2) is 11.8. The van der Waals surface area contributed by atoms with Gasteiger partial charge in [0.25, 0.3) is 0 Å². The molecule has 1 rings (SSSR count). The van der Waals surface area contributed by atoms with E-state index in [4.69, 9.17) is 5.41 Å². The van der Waals surface area contributed by atoms with E-state index in [1.165, 1.54) is 0 Å². The average molecular weight is 159 g/mol. The van der Waals surface area contributed by atoms with Crippen LogP contribution < -0.4 is 29.6 Å². The van der Waals surface area contributed by atoms with Crippen molar-refractivity contribution in [1.82, 2.24) is 0 Å². The number of rotatable bonds is 0. The molecule has 0 fully saturated rings. The Labute approximate surface area is 88.3 Å². The van der Waals surface area contributed by atoms with Crippen LogP contribution in [0.3, 0.4) is 0 Å². The third kappa shape index (κ3) is 10.9. The van der Waals surface area contributed by atoms with Gasteiger partial charge in [-0.05, 0) is 12.2 Å². The van der Waals surface area contributed by atoms with Gasteiger partial charge in [0.2, 0.25) is 0 Å². The molecule has 1 aromatic carbocycles. The van der Waals surface area contributed by atoms with Crippen LogP contribution in [0.5, 0.6) is 0 Å². The molecule has 1 N–H and O–H groups in total. The summed E-state index contributed by atoms with van der Waals surface area (Å²) in [5, 5.41) is 7.36. The summed E-state index contributed by atoms with van der Waals surface area (Å²) >= 11 is 3.81. The molecule has 3 heteroatoms. The van der Waals surface area contributed by atoms with Crippen molar-refractivity contribution in [3.8, 4) is 0 Å². The number of nitrogens with one attached hydrogen (secondary N) is 1. The number of hydrogen-bond donors (Lipinski definition) is 1. The van der Waals surface area contributed by atoms with Crippen LogP contribution in [-0.2, 0) is 0 Å². The predicted octanol–water partition coefficient (Wildman–Crippen LogP) is -0.841. The first kappa shape index (κ1) is 12.7. The van der Waals surface area contributed by atoms with Crippen molar-refractivity contribution in [3.63, 3.8) is 0 Å². The van der Waals surface area contributed by atoms with Gasteiger partial charge in [-0.3, -0.25) is 0 Å². The summed E-state index contributed by atoms with van der Waals surface area (Å²) in [4.78, 5) is 0. The Hall–Kier alpha value is 0.0200. The van der Waals surface area contributed by atoms with E-state index in [0.29, 0.717) is 0 Å². The number of isothiocyanates is 1. The first-order chi connectivity index (χ1) is 4.41. The van der Waals surface area contributed by atoms with Crippen LogP contribution in [0.1, 0.15) is 0 Å². The molecule has 0 unspecified atom stereocenters. The van der Waals surface area contributed by atoms with Crippen molar-refractivity contribution in [1.29, 1.82) is 5.41 Å². The summed E-state index contributed by atoms with van der Waals surface area (Å²) in [6.45, 7) is 0. The fraction of sp³-hybridized carbons (Fsp3) is 0. The summed E-state index contributed by atoms with van der Waals surface area (Å²) < 4.78 is 0. The normalized spacial score (nSPS) is 5.60. The van der Waals surface area contributed by atoms with Crippen LogP contribution in [0.25, 0.3) is 0 Å². The summed E-state index contributed by atoms with van der Waals surface area (Å²) in [6, 6.07) is 12.5. The van der Waals surface area contributed by atoms with E-state index >= 15 is 0 Å². The maximum absolute atomic E-state index is 5.77. The van der Waals surface area contributed by atoms with Gasteiger partial charge in [0.05, 0.1) is 5.16 Å². The SMILES string of the molecule is N=C=S.[Na+].[c-]1ccccc1. The molecule has 0 aliphatic heterocycles. The van der Waals surface area contributed by atoms with Crippen LogP contribution in [0.15, 0.2) is 30.3 Å². The summed E-state index contributed by atoms with van der Waals surface area (Å²) in [5.41, 5.74) is 0. The molecule has 10 heavy (non-hydrogen) atoms. The zero-order valence-corrected chi connectivity index (χ0v) is 8.61. The van der Waals surface area contributed by atoms with E-state index in [0.717, 1.165) is 0 Å². The van der Waals surface area contributed by atoms with Crippen molar-refractivity contribution in [3.05, 3.63) is 36.4 Å². The molecular weight excluding hydrogens is 153 g/mol. The van der Waals surface area contributed by atoms with Crippen LogP contribution in [0, 0.1) is 11.5 Å². The first-order valence-electron chi connectivity index (χ1n) is 2.36. The fourth-order valence-corrected chi connectivity index (χ4v) is 0.342. The minimum absolute atomic E-state index is 0. The van der Waals surface area contributed by atoms with Crippen LogP contribution in [0.4, 0.5) is 0 Å². The zero-order chi connectivity index (χ0) is 6.95. The molecule has 0 amide bonds. The van der Waals surface area contributed by atoms with Crippen LogP contribution in [0.2, 0.25) is 0 Å². The van der Waals surface area contributed by atoms with Gasteiger partial charge in [-0.1, -0.05) is 0 Å². The van der Waals surface area contributed by atoms with Gasteiger partial charge in [-0.2, -0.15) is 36.4 Å². The largest absolute Gasteiger partial charge is 1.00 e. The van der Waals surface area contributed by atoms with Gasteiger partial charge in [0.15, 0.2) is 0 Å². The van der Waals surface area contributed by atoms with Gasteiger partial charge in [0, 0.05) is 0 Å². The molecule has 0 spiro atoms. The van der Waals surface area contributed by atoms with Crippen molar-refractivity contribution in [2.24, 2.45) is 0 Å². The summed E-state index contributed by atoms with van der Waals surface area (Å²) in [6.07, 6.45) is 0. The molecule has 0 radical (unpaired) electrons. The third-order valence-corrected chi connectivity index (χ3v) is 0.607. The Balaban J connectivity index is 0. The van der Waals surface area contributed by atoms with E-state index < -0.39 is 0 Å². The first-order valence-corrected chi connectivity index (χ1v) is 2.77. The standard InChI is InChI=1S/C6H5.CHNS.Na/c1-2-4-6-5-3-1;2-1-3;/h1-5H;2H;/q-1;;+1. The topological polar surface area (TPSA) is 23.9 Å². The van der Waals surface area contributed by atoms with E-state index in [1.54, 1.807) is 5.16 Å². The van der Waals surface area contributed by atoms with Gasteiger partial charge in [-0.15, -0.1) is 0 Å². The molecule has 0 saturated carbocycles. The molecule has 0 heterocycles. The molecule has 0 aromatic heterocycles. The van der Waals surface area contributed by atoms with Crippen molar-refractivity contribution in [2.45, 2.75) is 0 Å². The van der Waals surface area contributed by atoms with E-state index in [1.807, 2.05) is 30.3 Å². The Morgan fingerprint density at radius 1 is 1.20 bits per heavy atom. The number of thiocarbonyl (C=S) groups is 1. The number of hydrogen-bond acceptors (Lipinski definition) is 2. The van der Waals surface area contributed by atoms with Gasteiger partial charge >= 0.3 is 29.6 Å². The van der Waals surface area contributed by atoms with Gasteiger partial charge in [-0.25, -0.2) is 5.41 Å². The zero-order valence-electron chi connectivity index (χ0n) is 5.79. The second-order valence-corrected chi connectivity index (χ2v) is 1.38. The molecule has 46 valence electrons. The maximum atomic E-state index is 5.77. The van der Waals surface area contributed by atoms with Crippen molar-refractivity contribution in [2.75, 3.05) is 0 Å². The maximum Gasteiger partial charge on any atom is 1.00 e. The smallest absolute Gasteiger partial charge is 0.248 e. The Morgan fingerprint density at radius 2 is 1.60 bits per heavy atom. The Kier molecular flexibility index (Phi) is 14.9. The predicted molar refractivity (Wildman–Crippen MR) is 40.6 cm³/mol.